The van der Waals surface area contributed by atoms with Gasteiger partial charge in [-0.25, -0.2) is 0 Å². The van der Waals surface area contributed by atoms with E-state index in [1.54, 1.807) is 0 Å². The molecule has 0 saturated heterocycles. The fraction of sp³-hybridized carbons (Fsp3) is 0.889. The second-order valence-electron chi connectivity index (χ2n) is 3.53. The summed E-state index contributed by atoms with van der Waals surface area (Å²) in [6, 6.07) is 3.01. The molecule has 0 bridgehead atoms. The zero-order valence-corrected chi connectivity index (χ0v) is 7.89. The lowest BCUT2D eigenvalue weighted by atomic mass is 10.0. The van der Waals surface area contributed by atoms with Crippen LogP contribution in [-0.2, 0) is 0 Å². The van der Waals surface area contributed by atoms with Crippen molar-refractivity contribution in [2.24, 2.45) is 5.92 Å². The maximum absolute atomic E-state index is 8.51. The molecule has 64 valence electrons. The summed E-state index contributed by atoms with van der Waals surface area (Å²) in [5.74, 6) is 0.539. The van der Waals surface area contributed by atoms with Crippen LogP contribution in [0.5, 0.6) is 0 Å². The number of hydrogen-bond donors (Lipinski definition) is 1. The molecule has 0 aliphatic heterocycles. The van der Waals surface area contributed by atoms with Crippen LogP contribution >= 0.6 is 0 Å². The Morgan fingerprint density at radius 3 is 2.09 bits per heavy atom. The molecule has 0 aromatic heterocycles. The summed E-state index contributed by atoms with van der Waals surface area (Å²) < 4.78 is 0. The molecule has 2 nitrogen and oxygen atoms in total. The highest BCUT2D eigenvalue weighted by atomic mass is 14.9. The van der Waals surface area contributed by atoms with Crippen LogP contribution in [0.4, 0.5) is 0 Å². The van der Waals surface area contributed by atoms with Gasteiger partial charge in [-0.2, -0.15) is 5.26 Å². The van der Waals surface area contributed by atoms with E-state index in [0.29, 0.717) is 24.4 Å². The third-order valence-electron chi connectivity index (χ3n) is 1.66. The number of nitriles is 1. The van der Waals surface area contributed by atoms with E-state index in [1.807, 2.05) is 0 Å². The quantitative estimate of drug-likeness (QED) is 0.671. The van der Waals surface area contributed by atoms with Crippen molar-refractivity contribution in [2.75, 3.05) is 0 Å². The summed E-state index contributed by atoms with van der Waals surface area (Å²) in [5.41, 5.74) is 0. The van der Waals surface area contributed by atoms with E-state index < -0.39 is 0 Å². The molecule has 0 saturated carbocycles. The number of hydrogen-bond acceptors (Lipinski definition) is 2. The lowest BCUT2D eigenvalue weighted by Gasteiger charge is -2.21. The van der Waals surface area contributed by atoms with Crippen molar-refractivity contribution in [3.05, 3.63) is 0 Å². The van der Waals surface area contributed by atoms with Gasteiger partial charge in [-0.15, -0.1) is 0 Å². The second kappa shape index (κ2) is 5.15. The van der Waals surface area contributed by atoms with Crippen molar-refractivity contribution >= 4 is 0 Å². The molecule has 0 aromatic rings. The van der Waals surface area contributed by atoms with Gasteiger partial charge in [-0.1, -0.05) is 27.7 Å². The Bertz CT molecular complexity index is 133. The molecule has 0 aliphatic carbocycles. The molecule has 1 unspecified atom stereocenters. The molecule has 0 radical (unpaired) electrons. The third-order valence-corrected chi connectivity index (χ3v) is 1.66. The summed E-state index contributed by atoms with van der Waals surface area (Å²) in [6.07, 6.45) is 0.607. The van der Waals surface area contributed by atoms with Gasteiger partial charge in [-0.05, 0) is 5.92 Å². The van der Waals surface area contributed by atoms with Gasteiger partial charge in [0.05, 0.1) is 12.5 Å². The van der Waals surface area contributed by atoms with Gasteiger partial charge < -0.3 is 5.32 Å². The normalized spacial score (nSPS) is 13.5. The van der Waals surface area contributed by atoms with Crippen LogP contribution in [0, 0.1) is 17.2 Å². The average Bonchev–Trinajstić information content (AvgIpc) is 1.86. The van der Waals surface area contributed by atoms with Gasteiger partial charge in [0, 0.05) is 12.1 Å². The molecule has 0 heterocycles. The minimum absolute atomic E-state index is 0.347. The molecular weight excluding hydrogens is 136 g/mol. The van der Waals surface area contributed by atoms with E-state index in [1.165, 1.54) is 0 Å². The molecule has 0 aliphatic rings. The first-order chi connectivity index (χ1) is 5.07. The molecule has 0 amide bonds. The standard InChI is InChI=1S/C9H18N2/c1-7(2)9(5-6-10)11-8(3)4/h7-9,11H,5H2,1-4H3. The Labute approximate surface area is 69.6 Å². The summed E-state index contributed by atoms with van der Waals surface area (Å²) in [5, 5.41) is 11.9. The monoisotopic (exact) mass is 154 g/mol. The van der Waals surface area contributed by atoms with E-state index in [0.717, 1.165) is 0 Å². The minimum Gasteiger partial charge on any atom is -0.311 e. The first-order valence-electron chi connectivity index (χ1n) is 4.21. The SMILES string of the molecule is CC(C)NC(CC#N)C(C)C. The molecule has 2 heteroatoms. The number of rotatable bonds is 4. The zero-order valence-electron chi connectivity index (χ0n) is 7.89. The average molecular weight is 154 g/mol. The Morgan fingerprint density at radius 1 is 1.27 bits per heavy atom. The van der Waals surface area contributed by atoms with Crippen LogP contribution in [0.1, 0.15) is 34.1 Å². The zero-order chi connectivity index (χ0) is 8.85. The van der Waals surface area contributed by atoms with Gasteiger partial charge in [0.15, 0.2) is 0 Å². The smallest absolute Gasteiger partial charge is 0.0638 e. The maximum Gasteiger partial charge on any atom is 0.0638 e. The predicted octanol–water partition coefficient (Wildman–Crippen LogP) is 1.92. The molecule has 0 aromatic carbocycles. The Kier molecular flexibility index (Phi) is 4.89. The molecule has 0 spiro atoms. The van der Waals surface area contributed by atoms with Gasteiger partial charge in [0.1, 0.15) is 0 Å². The topological polar surface area (TPSA) is 35.8 Å². The van der Waals surface area contributed by atoms with E-state index in [9.17, 15) is 0 Å². The minimum atomic E-state index is 0.347. The van der Waals surface area contributed by atoms with Crippen LogP contribution in [0.15, 0.2) is 0 Å². The van der Waals surface area contributed by atoms with E-state index >= 15 is 0 Å². The third kappa shape index (κ3) is 4.80. The number of nitrogens with one attached hydrogen (secondary N) is 1. The molecule has 0 rings (SSSR count). The highest BCUT2D eigenvalue weighted by molar-refractivity contribution is 4.83. The van der Waals surface area contributed by atoms with Gasteiger partial charge in [0.2, 0.25) is 0 Å². The lowest BCUT2D eigenvalue weighted by molar-refractivity contribution is 0.375. The second-order valence-corrected chi connectivity index (χ2v) is 3.53. The fourth-order valence-corrected chi connectivity index (χ4v) is 1.01. The van der Waals surface area contributed by atoms with Crippen molar-refractivity contribution < 1.29 is 0 Å². The van der Waals surface area contributed by atoms with Crippen molar-refractivity contribution in [1.29, 1.82) is 5.26 Å². The fourth-order valence-electron chi connectivity index (χ4n) is 1.01. The van der Waals surface area contributed by atoms with Crippen LogP contribution in [-0.4, -0.2) is 12.1 Å². The maximum atomic E-state index is 8.51. The van der Waals surface area contributed by atoms with Gasteiger partial charge in [0.25, 0.3) is 0 Å². The first kappa shape index (κ1) is 10.4. The van der Waals surface area contributed by atoms with Crippen molar-refractivity contribution in [2.45, 2.75) is 46.2 Å². The van der Waals surface area contributed by atoms with Crippen molar-refractivity contribution in [3.63, 3.8) is 0 Å². The molecule has 0 fully saturated rings. The molecule has 11 heavy (non-hydrogen) atoms. The van der Waals surface area contributed by atoms with Gasteiger partial charge >= 0.3 is 0 Å². The van der Waals surface area contributed by atoms with E-state index in [4.69, 9.17) is 5.26 Å². The van der Waals surface area contributed by atoms with Crippen LogP contribution in [0.3, 0.4) is 0 Å². The number of nitrogens with zero attached hydrogens (tertiary/aromatic N) is 1. The molecule has 1 N–H and O–H groups in total. The molecular formula is C9H18N2. The summed E-state index contributed by atoms with van der Waals surface area (Å²) in [4.78, 5) is 0. The van der Waals surface area contributed by atoms with Gasteiger partial charge in [-0.3, -0.25) is 0 Å². The summed E-state index contributed by atoms with van der Waals surface area (Å²) >= 11 is 0. The highest BCUT2D eigenvalue weighted by Crippen LogP contribution is 2.05. The van der Waals surface area contributed by atoms with Crippen LogP contribution < -0.4 is 5.32 Å². The van der Waals surface area contributed by atoms with Crippen molar-refractivity contribution in [3.8, 4) is 6.07 Å². The van der Waals surface area contributed by atoms with E-state index in [-0.39, 0.29) is 0 Å². The Morgan fingerprint density at radius 2 is 1.82 bits per heavy atom. The first-order valence-corrected chi connectivity index (χ1v) is 4.21. The summed E-state index contributed by atoms with van der Waals surface area (Å²) in [6.45, 7) is 8.48. The summed E-state index contributed by atoms with van der Waals surface area (Å²) in [7, 11) is 0. The Hall–Kier alpha value is -0.550. The lowest BCUT2D eigenvalue weighted by Crippen LogP contribution is -2.38. The van der Waals surface area contributed by atoms with Crippen molar-refractivity contribution in [1.82, 2.24) is 5.32 Å². The van der Waals surface area contributed by atoms with Crippen LogP contribution in [0.2, 0.25) is 0 Å². The molecule has 1 atom stereocenters. The van der Waals surface area contributed by atoms with Crippen LogP contribution in [0.25, 0.3) is 0 Å². The predicted molar refractivity (Wildman–Crippen MR) is 47.1 cm³/mol. The highest BCUT2D eigenvalue weighted by Gasteiger charge is 2.12. The Balaban J connectivity index is 3.81. The largest absolute Gasteiger partial charge is 0.311 e. The van der Waals surface area contributed by atoms with E-state index in [2.05, 4.69) is 39.1 Å².